The van der Waals surface area contributed by atoms with E-state index in [4.69, 9.17) is 14.2 Å². The molecular weight excluding hydrogens is 456 g/mol. The summed E-state index contributed by atoms with van der Waals surface area (Å²) in [5.74, 6) is -2.50. The molecule has 1 unspecified atom stereocenters. The zero-order chi connectivity index (χ0) is 24.5. The van der Waals surface area contributed by atoms with Crippen LogP contribution in [0.3, 0.4) is 0 Å². The molecule has 2 atom stereocenters. The first-order chi connectivity index (χ1) is 16.8. The molecule has 4 bridgehead atoms. The van der Waals surface area contributed by atoms with Crippen LogP contribution in [-0.4, -0.2) is 51.5 Å². The number of aliphatic hydroxyl groups excluding tert-OH is 1. The van der Waals surface area contributed by atoms with Gasteiger partial charge in [0.05, 0.1) is 17.8 Å². The van der Waals surface area contributed by atoms with Crippen molar-refractivity contribution in [1.82, 2.24) is 0 Å². The van der Waals surface area contributed by atoms with E-state index in [1.54, 1.807) is 24.3 Å². The van der Waals surface area contributed by atoms with Gasteiger partial charge in [-0.2, -0.15) is 0 Å². The van der Waals surface area contributed by atoms with Crippen molar-refractivity contribution < 1.29 is 43.9 Å². The SMILES string of the molecule is O=C1CCC2=C1C(O)OC1=C2[C@@]2(Cc3ccc(O)c(c3)-c3cc(ccc3O)CCOC2=O)OC1=O. The van der Waals surface area contributed by atoms with Gasteiger partial charge >= 0.3 is 11.9 Å². The standard InChI is InChI=1S/C26H20O9/c27-17-4-1-12-7-8-33-25(32)26(11-13-2-5-18(28)16(10-13)15(17)9-12)21-14-3-6-19(29)20(14)23(30)34-22(21)24(31)35-26/h1-2,4-5,9-10,23,27-28,30H,3,6-8,11H2/t23?,26-/m1/s1. The summed E-state index contributed by atoms with van der Waals surface area (Å²) in [5, 5.41) is 31.3. The molecule has 9 nitrogen and oxygen atoms in total. The highest BCUT2D eigenvalue weighted by atomic mass is 16.7. The third-order valence-electron chi connectivity index (χ3n) is 6.91. The van der Waals surface area contributed by atoms with Crippen molar-refractivity contribution in [1.29, 1.82) is 0 Å². The highest BCUT2D eigenvalue weighted by molar-refractivity contribution is 6.06. The fraction of sp³-hybridized carbons (Fsp3) is 0.269. The van der Waals surface area contributed by atoms with Crippen molar-refractivity contribution in [2.75, 3.05) is 6.61 Å². The van der Waals surface area contributed by atoms with Crippen LogP contribution in [-0.2, 0) is 41.4 Å². The Morgan fingerprint density at radius 2 is 1.57 bits per heavy atom. The van der Waals surface area contributed by atoms with Gasteiger partial charge in [0.15, 0.2) is 5.78 Å². The van der Waals surface area contributed by atoms with Gasteiger partial charge in [0, 0.05) is 30.4 Å². The number of ether oxygens (including phenoxy) is 3. The van der Waals surface area contributed by atoms with Crippen LogP contribution in [0.5, 0.6) is 11.5 Å². The van der Waals surface area contributed by atoms with Crippen LogP contribution in [0.1, 0.15) is 24.0 Å². The number of benzene rings is 2. The van der Waals surface area contributed by atoms with Gasteiger partial charge in [-0.15, -0.1) is 0 Å². The van der Waals surface area contributed by atoms with Gasteiger partial charge in [0.1, 0.15) is 11.5 Å². The first kappa shape index (κ1) is 21.4. The minimum Gasteiger partial charge on any atom is -0.507 e. The number of cyclic esters (lactones) is 1. The highest BCUT2D eigenvalue weighted by Crippen LogP contribution is 2.50. The summed E-state index contributed by atoms with van der Waals surface area (Å²) in [4.78, 5) is 38.9. The summed E-state index contributed by atoms with van der Waals surface area (Å²) < 4.78 is 16.6. The third kappa shape index (κ3) is 3.08. The van der Waals surface area contributed by atoms with Gasteiger partial charge in [0.25, 0.3) is 0 Å². The van der Waals surface area contributed by atoms with E-state index in [9.17, 15) is 29.7 Å². The van der Waals surface area contributed by atoms with E-state index in [1.165, 1.54) is 12.1 Å². The minimum absolute atomic E-state index is 0.0200. The van der Waals surface area contributed by atoms with Crippen LogP contribution >= 0.6 is 0 Å². The summed E-state index contributed by atoms with van der Waals surface area (Å²) in [6, 6.07) is 9.51. The van der Waals surface area contributed by atoms with Crippen LogP contribution in [0.25, 0.3) is 11.1 Å². The van der Waals surface area contributed by atoms with Gasteiger partial charge in [-0.05, 0) is 47.4 Å². The van der Waals surface area contributed by atoms with Gasteiger partial charge in [-0.1, -0.05) is 12.1 Å². The van der Waals surface area contributed by atoms with Crippen LogP contribution in [0.4, 0.5) is 0 Å². The number of phenolic OH excluding ortho intramolecular Hbond substituents is 2. The largest absolute Gasteiger partial charge is 0.507 e. The Hall–Kier alpha value is -4.11. The maximum atomic E-state index is 13.6. The van der Waals surface area contributed by atoms with E-state index in [-0.39, 0.29) is 60.1 Å². The number of aromatic hydroxyl groups is 2. The molecule has 0 radical (unpaired) electrons. The quantitative estimate of drug-likeness (QED) is 0.487. The molecule has 3 heterocycles. The van der Waals surface area contributed by atoms with Crippen LogP contribution in [0, 0.1) is 0 Å². The van der Waals surface area contributed by atoms with Crippen molar-refractivity contribution in [2.45, 2.75) is 37.6 Å². The van der Waals surface area contributed by atoms with Gasteiger partial charge in [0.2, 0.25) is 17.7 Å². The van der Waals surface area contributed by atoms with Crippen molar-refractivity contribution >= 4 is 17.7 Å². The fourth-order valence-electron chi connectivity index (χ4n) is 5.29. The Labute approximate surface area is 198 Å². The Bertz CT molecular complexity index is 1400. The molecule has 35 heavy (non-hydrogen) atoms. The zero-order valence-electron chi connectivity index (χ0n) is 18.4. The first-order valence-corrected chi connectivity index (χ1v) is 11.2. The predicted molar refractivity (Wildman–Crippen MR) is 118 cm³/mol. The van der Waals surface area contributed by atoms with Gasteiger partial charge in [-0.3, -0.25) is 4.79 Å². The minimum atomic E-state index is -1.94. The number of rotatable bonds is 0. The summed E-state index contributed by atoms with van der Waals surface area (Å²) in [6.45, 7) is -0.0425. The van der Waals surface area contributed by atoms with E-state index >= 15 is 0 Å². The Kier molecular flexibility index (Phi) is 4.56. The van der Waals surface area contributed by atoms with E-state index in [0.29, 0.717) is 28.7 Å². The number of hydrogen-bond acceptors (Lipinski definition) is 9. The molecule has 2 aromatic rings. The molecule has 3 aliphatic heterocycles. The maximum absolute atomic E-state index is 13.6. The smallest absolute Gasteiger partial charge is 0.375 e. The van der Waals surface area contributed by atoms with Crippen molar-refractivity contribution in [2.24, 2.45) is 0 Å². The van der Waals surface area contributed by atoms with Crippen molar-refractivity contribution in [3.05, 3.63) is 70.0 Å². The Morgan fingerprint density at radius 1 is 0.886 bits per heavy atom. The number of carbonyl (C=O) groups is 3. The van der Waals surface area contributed by atoms with Crippen LogP contribution < -0.4 is 0 Å². The molecule has 1 aliphatic carbocycles. The molecule has 2 aromatic carbocycles. The van der Waals surface area contributed by atoms with Crippen LogP contribution in [0.15, 0.2) is 58.9 Å². The average molecular weight is 476 g/mol. The maximum Gasteiger partial charge on any atom is 0.375 e. The molecule has 4 aliphatic rings. The molecule has 0 fully saturated rings. The van der Waals surface area contributed by atoms with E-state index in [1.807, 2.05) is 0 Å². The van der Waals surface area contributed by atoms with Gasteiger partial charge < -0.3 is 29.5 Å². The second-order valence-electron chi connectivity index (χ2n) is 8.97. The number of aliphatic hydroxyl groups is 1. The lowest BCUT2D eigenvalue weighted by atomic mass is 9.80. The lowest BCUT2D eigenvalue weighted by Gasteiger charge is -2.31. The summed E-state index contributed by atoms with van der Waals surface area (Å²) in [7, 11) is 0. The zero-order valence-corrected chi connectivity index (χ0v) is 18.4. The number of carbonyl (C=O) groups excluding carboxylic acids is 3. The van der Waals surface area contributed by atoms with Gasteiger partial charge in [-0.25, -0.2) is 9.59 Å². The molecule has 0 aromatic heterocycles. The molecule has 3 N–H and O–H groups in total. The van der Waals surface area contributed by atoms with E-state index in [0.717, 1.165) is 5.56 Å². The van der Waals surface area contributed by atoms with Crippen molar-refractivity contribution in [3.8, 4) is 22.6 Å². The number of esters is 2. The molecule has 178 valence electrons. The second kappa shape index (κ2) is 7.44. The molecule has 0 amide bonds. The molecule has 9 heteroatoms. The second-order valence-corrected chi connectivity index (χ2v) is 8.97. The molecule has 0 saturated carbocycles. The number of phenols is 2. The topological polar surface area (TPSA) is 140 Å². The fourth-order valence-corrected chi connectivity index (χ4v) is 5.29. The summed E-state index contributed by atoms with van der Waals surface area (Å²) >= 11 is 0. The third-order valence-corrected chi connectivity index (χ3v) is 6.91. The first-order valence-electron chi connectivity index (χ1n) is 11.2. The monoisotopic (exact) mass is 476 g/mol. The van der Waals surface area contributed by atoms with Crippen LogP contribution in [0.2, 0.25) is 0 Å². The van der Waals surface area contributed by atoms with Crippen molar-refractivity contribution in [3.63, 3.8) is 0 Å². The summed E-state index contributed by atoms with van der Waals surface area (Å²) in [5.41, 5.74) is 0.542. The number of fused-ring (bicyclic) bond motifs is 7. The lowest BCUT2D eigenvalue weighted by Crippen LogP contribution is -2.46. The number of hydrogen-bond donors (Lipinski definition) is 3. The molecular formula is C26H20O9. The Morgan fingerprint density at radius 3 is 2.31 bits per heavy atom. The molecule has 1 spiro atoms. The number of ketones is 1. The molecule has 6 rings (SSSR count). The number of Topliss-reactive ketones (excluding diaryl/α,β-unsaturated/α-hetero) is 1. The average Bonchev–Trinajstić information content (AvgIpc) is 3.34. The Balaban J connectivity index is 1.55. The normalized spacial score (nSPS) is 25.4. The summed E-state index contributed by atoms with van der Waals surface area (Å²) in [6.07, 6.45) is -1.15. The predicted octanol–water partition coefficient (Wildman–Crippen LogP) is 1.96. The van der Waals surface area contributed by atoms with E-state index in [2.05, 4.69) is 0 Å². The molecule has 0 saturated heterocycles. The highest BCUT2D eigenvalue weighted by Gasteiger charge is 2.60. The lowest BCUT2D eigenvalue weighted by molar-refractivity contribution is -0.173. The van der Waals surface area contributed by atoms with E-state index < -0.39 is 23.8 Å².